The van der Waals surface area contributed by atoms with Crippen LogP contribution in [0.5, 0.6) is 0 Å². The third-order valence-electron chi connectivity index (χ3n) is 3.00. The van der Waals surface area contributed by atoms with Crippen molar-refractivity contribution in [3.63, 3.8) is 0 Å². The van der Waals surface area contributed by atoms with E-state index in [2.05, 4.69) is 9.97 Å². The Morgan fingerprint density at radius 3 is 2.45 bits per heavy atom. The van der Waals surface area contributed by atoms with E-state index in [4.69, 9.17) is 34.7 Å². The molecule has 0 unspecified atom stereocenters. The Kier molecular flexibility index (Phi) is 3.12. The second kappa shape index (κ2) is 4.81. The maximum atomic E-state index is 6.07. The zero-order chi connectivity index (χ0) is 14.3. The van der Waals surface area contributed by atoms with Crippen molar-refractivity contribution in [2.75, 3.05) is 11.5 Å². The number of hydrogen-bond donors (Lipinski definition) is 2. The Labute approximate surface area is 125 Å². The Bertz CT molecular complexity index is 818. The molecular formula is C14H10Cl2N4. The number of rotatable bonds is 1. The predicted octanol–water partition coefficient (Wildman–Crippen LogP) is 3.77. The fourth-order valence-corrected chi connectivity index (χ4v) is 2.43. The van der Waals surface area contributed by atoms with Gasteiger partial charge in [-0.1, -0.05) is 41.4 Å². The van der Waals surface area contributed by atoms with E-state index in [1.807, 2.05) is 24.3 Å². The highest BCUT2D eigenvalue weighted by Gasteiger charge is 2.11. The molecule has 0 atom stereocenters. The lowest BCUT2D eigenvalue weighted by atomic mass is 10.0. The summed E-state index contributed by atoms with van der Waals surface area (Å²) in [5.74, 6) is 0.496. The van der Waals surface area contributed by atoms with Crippen molar-refractivity contribution in [2.24, 2.45) is 0 Å². The van der Waals surface area contributed by atoms with Crippen LogP contribution in [-0.4, -0.2) is 9.97 Å². The Hall–Kier alpha value is -2.04. The number of hydrogen-bond acceptors (Lipinski definition) is 4. The summed E-state index contributed by atoms with van der Waals surface area (Å²) in [7, 11) is 0. The first-order valence-corrected chi connectivity index (χ1v) is 6.59. The number of benzene rings is 2. The highest BCUT2D eigenvalue weighted by Crippen LogP contribution is 2.34. The first kappa shape index (κ1) is 13.0. The fraction of sp³-hybridized carbons (Fsp3) is 0. The van der Waals surface area contributed by atoms with Crippen molar-refractivity contribution in [1.82, 2.24) is 9.97 Å². The zero-order valence-corrected chi connectivity index (χ0v) is 11.8. The van der Waals surface area contributed by atoms with E-state index in [0.29, 0.717) is 21.4 Å². The van der Waals surface area contributed by atoms with Crippen LogP contribution in [0.4, 0.5) is 11.8 Å². The number of nitrogens with zero attached hydrogens (tertiary/aromatic N) is 2. The van der Waals surface area contributed by atoms with E-state index in [9.17, 15) is 0 Å². The molecule has 1 aromatic heterocycles. The number of fused-ring (bicyclic) bond motifs is 1. The molecule has 0 aliphatic heterocycles. The molecule has 0 bridgehead atoms. The van der Waals surface area contributed by atoms with Crippen molar-refractivity contribution in [3.8, 4) is 11.1 Å². The quantitative estimate of drug-likeness (QED) is 0.717. The lowest BCUT2D eigenvalue weighted by Gasteiger charge is -2.09. The van der Waals surface area contributed by atoms with Gasteiger partial charge in [0, 0.05) is 0 Å². The van der Waals surface area contributed by atoms with Crippen LogP contribution in [0.2, 0.25) is 10.0 Å². The molecular weight excluding hydrogens is 295 g/mol. The van der Waals surface area contributed by atoms with Gasteiger partial charge in [0.15, 0.2) is 0 Å². The van der Waals surface area contributed by atoms with Gasteiger partial charge in [0.2, 0.25) is 5.95 Å². The first-order valence-electron chi connectivity index (χ1n) is 5.83. The second-order valence-corrected chi connectivity index (χ2v) is 5.11. The number of nitrogen functional groups attached to an aromatic ring is 2. The summed E-state index contributed by atoms with van der Waals surface area (Å²) in [4.78, 5) is 8.20. The topological polar surface area (TPSA) is 77.8 Å². The van der Waals surface area contributed by atoms with Crippen LogP contribution in [0.25, 0.3) is 22.0 Å². The van der Waals surface area contributed by atoms with Gasteiger partial charge in [0.1, 0.15) is 5.82 Å². The minimum absolute atomic E-state index is 0.154. The minimum Gasteiger partial charge on any atom is -0.383 e. The highest BCUT2D eigenvalue weighted by atomic mass is 35.5. The third kappa shape index (κ3) is 2.13. The van der Waals surface area contributed by atoms with Gasteiger partial charge >= 0.3 is 0 Å². The van der Waals surface area contributed by atoms with Crippen molar-refractivity contribution in [2.45, 2.75) is 0 Å². The highest BCUT2D eigenvalue weighted by molar-refractivity contribution is 6.42. The summed E-state index contributed by atoms with van der Waals surface area (Å²) >= 11 is 12.0. The average molecular weight is 305 g/mol. The third-order valence-corrected chi connectivity index (χ3v) is 3.74. The standard InChI is InChI=1S/C14H10Cl2N4/c15-9-5-4-7(6-10(9)16)8-2-1-3-11-12(8)13(17)20-14(18)19-11/h1-6H,(H4,17,18,19,20). The number of anilines is 2. The van der Waals surface area contributed by atoms with Crippen LogP contribution in [0.3, 0.4) is 0 Å². The van der Waals surface area contributed by atoms with Crippen molar-refractivity contribution < 1.29 is 0 Å². The van der Waals surface area contributed by atoms with Gasteiger partial charge < -0.3 is 11.5 Å². The van der Waals surface area contributed by atoms with Crippen LogP contribution < -0.4 is 11.5 Å². The summed E-state index contributed by atoms with van der Waals surface area (Å²) in [6.07, 6.45) is 0. The molecule has 3 rings (SSSR count). The van der Waals surface area contributed by atoms with Gasteiger partial charge in [-0.25, -0.2) is 4.98 Å². The number of nitrogens with two attached hydrogens (primary N) is 2. The zero-order valence-electron chi connectivity index (χ0n) is 10.3. The lowest BCUT2D eigenvalue weighted by Crippen LogP contribution is -2.01. The van der Waals surface area contributed by atoms with E-state index in [1.165, 1.54) is 0 Å². The van der Waals surface area contributed by atoms with E-state index < -0.39 is 0 Å². The van der Waals surface area contributed by atoms with Gasteiger partial charge in [0.05, 0.1) is 20.9 Å². The molecule has 0 aliphatic rings. The van der Waals surface area contributed by atoms with E-state index in [1.54, 1.807) is 12.1 Å². The average Bonchev–Trinajstić information content (AvgIpc) is 2.41. The van der Waals surface area contributed by atoms with Gasteiger partial charge in [-0.15, -0.1) is 0 Å². The van der Waals surface area contributed by atoms with Crippen LogP contribution in [0.15, 0.2) is 36.4 Å². The fourth-order valence-electron chi connectivity index (χ4n) is 2.13. The van der Waals surface area contributed by atoms with Crippen LogP contribution in [-0.2, 0) is 0 Å². The molecule has 4 N–H and O–H groups in total. The molecule has 0 radical (unpaired) electrons. The predicted molar refractivity (Wildman–Crippen MR) is 83.8 cm³/mol. The molecule has 20 heavy (non-hydrogen) atoms. The second-order valence-electron chi connectivity index (χ2n) is 4.30. The van der Waals surface area contributed by atoms with Gasteiger partial charge in [-0.3, -0.25) is 0 Å². The summed E-state index contributed by atoms with van der Waals surface area (Å²) in [5.41, 5.74) is 14.1. The maximum absolute atomic E-state index is 6.07. The van der Waals surface area contributed by atoms with E-state index in [-0.39, 0.29) is 5.95 Å². The molecule has 0 saturated carbocycles. The molecule has 0 spiro atoms. The Morgan fingerprint density at radius 1 is 0.900 bits per heavy atom. The van der Waals surface area contributed by atoms with E-state index >= 15 is 0 Å². The molecule has 0 amide bonds. The smallest absolute Gasteiger partial charge is 0.222 e. The Morgan fingerprint density at radius 2 is 1.70 bits per heavy atom. The molecule has 3 aromatic rings. The largest absolute Gasteiger partial charge is 0.383 e. The van der Waals surface area contributed by atoms with Crippen molar-refractivity contribution >= 4 is 45.9 Å². The number of halogens is 2. The summed E-state index contributed by atoms with van der Waals surface area (Å²) in [6, 6.07) is 11.0. The summed E-state index contributed by atoms with van der Waals surface area (Å²) < 4.78 is 0. The van der Waals surface area contributed by atoms with Crippen molar-refractivity contribution in [3.05, 3.63) is 46.4 Å². The van der Waals surface area contributed by atoms with E-state index in [0.717, 1.165) is 16.5 Å². The minimum atomic E-state index is 0.154. The maximum Gasteiger partial charge on any atom is 0.222 e. The normalized spacial score (nSPS) is 10.9. The molecule has 2 aromatic carbocycles. The molecule has 0 aliphatic carbocycles. The Balaban J connectivity index is 2.33. The summed E-state index contributed by atoms with van der Waals surface area (Å²) in [6.45, 7) is 0. The molecule has 6 heteroatoms. The molecule has 1 heterocycles. The molecule has 100 valence electrons. The molecule has 0 fully saturated rings. The van der Waals surface area contributed by atoms with Gasteiger partial charge in [-0.05, 0) is 29.3 Å². The van der Waals surface area contributed by atoms with Gasteiger partial charge in [0.25, 0.3) is 0 Å². The monoisotopic (exact) mass is 304 g/mol. The van der Waals surface area contributed by atoms with Crippen LogP contribution >= 0.6 is 23.2 Å². The SMILES string of the molecule is Nc1nc(N)c2c(-c3ccc(Cl)c(Cl)c3)cccc2n1. The first-order chi connectivity index (χ1) is 9.56. The summed E-state index contributed by atoms with van der Waals surface area (Å²) in [5, 5.41) is 1.74. The van der Waals surface area contributed by atoms with Crippen LogP contribution in [0, 0.1) is 0 Å². The van der Waals surface area contributed by atoms with Gasteiger partial charge in [-0.2, -0.15) is 4.98 Å². The van der Waals surface area contributed by atoms with Crippen LogP contribution in [0.1, 0.15) is 0 Å². The van der Waals surface area contributed by atoms with Crippen molar-refractivity contribution in [1.29, 1.82) is 0 Å². The molecule has 0 saturated heterocycles. The lowest BCUT2D eigenvalue weighted by molar-refractivity contribution is 1.25. The number of aromatic nitrogens is 2. The molecule has 4 nitrogen and oxygen atoms in total.